The fourth-order valence-electron chi connectivity index (χ4n) is 2.17. The second kappa shape index (κ2) is 5.29. The lowest BCUT2D eigenvalue weighted by Crippen LogP contribution is -2.43. The topological polar surface area (TPSA) is 21.3 Å². The summed E-state index contributed by atoms with van der Waals surface area (Å²) in [4.78, 5) is 0. The number of fused-ring (bicyclic) bond motifs is 1. The van der Waals surface area contributed by atoms with Crippen LogP contribution >= 0.6 is 0 Å². The Morgan fingerprint density at radius 3 is 2.63 bits per heavy atom. The lowest BCUT2D eigenvalue weighted by molar-refractivity contribution is 0.231. The first-order valence-corrected chi connectivity index (χ1v) is 10.2. The van der Waals surface area contributed by atoms with Crippen molar-refractivity contribution < 1.29 is 4.43 Å². The Bertz CT molecular complexity index is 437. The minimum Gasteiger partial charge on any atom is -0.416 e. The van der Waals surface area contributed by atoms with E-state index in [1.54, 1.807) is 0 Å². The van der Waals surface area contributed by atoms with Crippen molar-refractivity contribution in [2.45, 2.75) is 45.3 Å². The summed E-state index contributed by atoms with van der Waals surface area (Å²) in [6, 6.07) is 8.61. The molecule has 3 heteroatoms. The van der Waals surface area contributed by atoms with Gasteiger partial charge in [-0.1, -0.05) is 39.0 Å². The van der Waals surface area contributed by atoms with Crippen molar-refractivity contribution in [2.75, 3.05) is 18.5 Å². The molecule has 2 nitrogen and oxygen atoms in total. The van der Waals surface area contributed by atoms with Crippen LogP contribution in [-0.4, -0.2) is 21.5 Å². The first kappa shape index (κ1) is 14.6. The standard InChI is InChI=1S/C16H27NOSi/c1-16(2,3)19(4,5)18-12-13-10-14-8-6-7-9-15(14)17-11-13/h6-9,13,17H,10-12H2,1-5H3/t13-/m0/s1. The maximum absolute atomic E-state index is 6.35. The molecule has 0 radical (unpaired) electrons. The van der Waals surface area contributed by atoms with Gasteiger partial charge in [0, 0.05) is 24.8 Å². The average Bonchev–Trinajstić information content (AvgIpc) is 2.35. The van der Waals surface area contributed by atoms with Crippen molar-refractivity contribution >= 4 is 14.0 Å². The van der Waals surface area contributed by atoms with Gasteiger partial charge in [-0.15, -0.1) is 0 Å². The highest BCUT2D eigenvalue weighted by atomic mass is 28.4. The number of anilines is 1. The molecule has 0 bridgehead atoms. The van der Waals surface area contributed by atoms with Gasteiger partial charge in [-0.3, -0.25) is 0 Å². The molecule has 1 aromatic carbocycles. The molecule has 0 aromatic heterocycles. The van der Waals surface area contributed by atoms with Gasteiger partial charge in [-0.2, -0.15) is 0 Å². The molecule has 1 aliphatic heterocycles. The molecule has 106 valence electrons. The summed E-state index contributed by atoms with van der Waals surface area (Å²) in [5, 5.41) is 3.82. The van der Waals surface area contributed by atoms with Gasteiger partial charge in [0.05, 0.1) is 0 Å². The fourth-order valence-corrected chi connectivity index (χ4v) is 3.25. The maximum atomic E-state index is 6.35. The van der Waals surface area contributed by atoms with Crippen LogP contribution in [0.1, 0.15) is 26.3 Å². The lowest BCUT2D eigenvalue weighted by Gasteiger charge is -2.38. The molecule has 1 heterocycles. The molecule has 1 atom stereocenters. The number of nitrogens with one attached hydrogen (secondary N) is 1. The van der Waals surface area contributed by atoms with Crippen molar-refractivity contribution in [1.82, 2.24) is 0 Å². The Kier molecular flexibility index (Phi) is 4.07. The summed E-state index contributed by atoms with van der Waals surface area (Å²) in [6.45, 7) is 13.5. The third kappa shape index (κ3) is 3.40. The summed E-state index contributed by atoms with van der Waals surface area (Å²) in [7, 11) is -1.61. The van der Waals surface area contributed by atoms with Gasteiger partial charge in [0.2, 0.25) is 0 Å². The number of para-hydroxylation sites is 1. The number of benzene rings is 1. The smallest absolute Gasteiger partial charge is 0.191 e. The van der Waals surface area contributed by atoms with Crippen LogP contribution in [0.4, 0.5) is 5.69 Å². The van der Waals surface area contributed by atoms with E-state index in [1.807, 2.05) is 0 Å². The molecule has 0 saturated carbocycles. The molecule has 0 amide bonds. The molecule has 2 rings (SSSR count). The van der Waals surface area contributed by atoms with Crippen molar-refractivity contribution in [1.29, 1.82) is 0 Å². The van der Waals surface area contributed by atoms with E-state index in [0.717, 1.165) is 19.6 Å². The Balaban J connectivity index is 1.93. The largest absolute Gasteiger partial charge is 0.416 e. The Morgan fingerprint density at radius 1 is 1.26 bits per heavy atom. The van der Waals surface area contributed by atoms with E-state index in [9.17, 15) is 0 Å². The molecule has 1 N–H and O–H groups in total. The molecule has 0 aliphatic carbocycles. The van der Waals surface area contributed by atoms with Crippen LogP contribution in [0.15, 0.2) is 24.3 Å². The van der Waals surface area contributed by atoms with E-state index in [4.69, 9.17) is 4.43 Å². The third-order valence-electron chi connectivity index (χ3n) is 4.59. The zero-order valence-corrected chi connectivity index (χ0v) is 13.9. The van der Waals surface area contributed by atoms with Gasteiger partial charge in [-0.05, 0) is 36.2 Å². The highest BCUT2D eigenvalue weighted by molar-refractivity contribution is 6.74. The van der Waals surface area contributed by atoms with E-state index in [0.29, 0.717) is 11.0 Å². The predicted octanol–water partition coefficient (Wildman–Crippen LogP) is 4.29. The fraction of sp³-hybridized carbons (Fsp3) is 0.625. The molecule has 0 spiro atoms. The third-order valence-corrected chi connectivity index (χ3v) is 9.09. The van der Waals surface area contributed by atoms with E-state index in [-0.39, 0.29) is 0 Å². The lowest BCUT2D eigenvalue weighted by atomic mass is 9.95. The van der Waals surface area contributed by atoms with Gasteiger partial charge >= 0.3 is 0 Å². The minimum atomic E-state index is -1.61. The molecule has 1 aromatic rings. The van der Waals surface area contributed by atoms with Crippen LogP contribution in [0.2, 0.25) is 18.1 Å². The van der Waals surface area contributed by atoms with Crippen LogP contribution in [0.3, 0.4) is 0 Å². The molecule has 1 aliphatic rings. The quantitative estimate of drug-likeness (QED) is 0.832. The highest BCUT2D eigenvalue weighted by Gasteiger charge is 2.37. The van der Waals surface area contributed by atoms with Crippen LogP contribution in [-0.2, 0) is 10.8 Å². The predicted molar refractivity (Wildman–Crippen MR) is 85.3 cm³/mol. The zero-order valence-electron chi connectivity index (χ0n) is 12.9. The van der Waals surface area contributed by atoms with E-state index >= 15 is 0 Å². The van der Waals surface area contributed by atoms with E-state index < -0.39 is 8.32 Å². The van der Waals surface area contributed by atoms with Crippen molar-refractivity contribution in [3.8, 4) is 0 Å². The Labute approximate surface area is 118 Å². The summed E-state index contributed by atoms with van der Waals surface area (Å²) < 4.78 is 6.35. The Hall–Kier alpha value is -0.803. The van der Waals surface area contributed by atoms with Crippen LogP contribution in [0.5, 0.6) is 0 Å². The van der Waals surface area contributed by atoms with Crippen molar-refractivity contribution in [3.05, 3.63) is 29.8 Å². The van der Waals surface area contributed by atoms with Crippen LogP contribution in [0, 0.1) is 5.92 Å². The van der Waals surface area contributed by atoms with E-state index in [1.165, 1.54) is 11.3 Å². The summed E-state index contributed by atoms with van der Waals surface area (Å²) >= 11 is 0. The summed E-state index contributed by atoms with van der Waals surface area (Å²) in [5.74, 6) is 0.601. The number of hydrogen-bond acceptors (Lipinski definition) is 2. The minimum absolute atomic E-state index is 0.299. The monoisotopic (exact) mass is 277 g/mol. The molecular weight excluding hydrogens is 250 g/mol. The first-order valence-electron chi connectivity index (χ1n) is 7.25. The van der Waals surface area contributed by atoms with Crippen molar-refractivity contribution in [3.63, 3.8) is 0 Å². The average molecular weight is 277 g/mol. The van der Waals surface area contributed by atoms with Gasteiger partial charge in [-0.25, -0.2) is 0 Å². The molecule has 0 saturated heterocycles. The SMILES string of the molecule is CC(C)(C)[Si](C)(C)OC[C@@H]1CNc2ccccc2C1. The second-order valence-corrected chi connectivity index (χ2v) is 12.0. The van der Waals surface area contributed by atoms with E-state index in [2.05, 4.69) is 63.4 Å². The number of hydrogen-bond donors (Lipinski definition) is 1. The van der Waals surface area contributed by atoms with Crippen LogP contribution in [0.25, 0.3) is 0 Å². The molecule has 0 unspecified atom stereocenters. The van der Waals surface area contributed by atoms with Crippen molar-refractivity contribution in [2.24, 2.45) is 5.92 Å². The normalized spacial score (nSPS) is 19.7. The van der Waals surface area contributed by atoms with Gasteiger partial charge in [0.25, 0.3) is 0 Å². The maximum Gasteiger partial charge on any atom is 0.191 e. The van der Waals surface area contributed by atoms with Gasteiger partial charge in [0.15, 0.2) is 8.32 Å². The molecular formula is C16H27NOSi. The Morgan fingerprint density at radius 2 is 1.95 bits per heavy atom. The van der Waals surface area contributed by atoms with Crippen LogP contribution < -0.4 is 5.32 Å². The summed E-state index contributed by atoms with van der Waals surface area (Å²) in [6.07, 6.45) is 1.14. The first-order chi connectivity index (χ1) is 8.79. The second-order valence-electron chi connectivity index (χ2n) is 7.18. The zero-order chi connectivity index (χ0) is 14.1. The van der Waals surface area contributed by atoms with Gasteiger partial charge < -0.3 is 9.74 Å². The molecule has 0 fully saturated rings. The highest BCUT2D eigenvalue weighted by Crippen LogP contribution is 2.37. The summed E-state index contributed by atoms with van der Waals surface area (Å²) in [5.41, 5.74) is 2.73. The number of rotatable bonds is 3. The van der Waals surface area contributed by atoms with Gasteiger partial charge in [0.1, 0.15) is 0 Å². The molecule has 19 heavy (non-hydrogen) atoms.